The van der Waals surface area contributed by atoms with Crippen LogP contribution in [0.4, 0.5) is 0 Å². The lowest BCUT2D eigenvalue weighted by atomic mass is 10.1. The van der Waals surface area contributed by atoms with E-state index in [1.807, 2.05) is 19.9 Å². The molecule has 1 unspecified atom stereocenters. The Balaban J connectivity index is 2.20. The first-order valence-electron chi connectivity index (χ1n) is 6.78. The average molecular weight is 258 g/mol. The number of rotatable bonds is 5. The van der Waals surface area contributed by atoms with Gasteiger partial charge < -0.3 is 10.0 Å². The van der Waals surface area contributed by atoms with Gasteiger partial charge in [0.05, 0.1) is 11.6 Å². The minimum atomic E-state index is -0.238. The smallest absolute Gasteiger partial charge is 0.0708 e. The molecule has 1 aromatic heterocycles. The van der Waals surface area contributed by atoms with Gasteiger partial charge in [0.1, 0.15) is 0 Å². The Morgan fingerprint density at radius 1 is 1.32 bits per heavy atom. The number of benzene rings is 1. The number of nitrogens with zero attached hydrogens (tertiary/aromatic N) is 2. The van der Waals surface area contributed by atoms with Gasteiger partial charge in [0, 0.05) is 24.2 Å². The third-order valence-electron chi connectivity index (χ3n) is 3.30. The summed E-state index contributed by atoms with van der Waals surface area (Å²) in [5.74, 6) is 0. The molecule has 3 heteroatoms. The van der Waals surface area contributed by atoms with Crippen molar-refractivity contribution in [2.75, 3.05) is 13.6 Å². The second-order valence-electron chi connectivity index (χ2n) is 5.32. The van der Waals surface area contributed by atoms with Gasteiger partial charge in [-0.2, -0.15) is 0 Å². The molecule has 0 saturated carbocycles. The Bertz CT molecular complexity index is 551. The van der Waals surface area contributed by atoms with Gasteiger partial charge in [0.25, 0.3) is 0 Å². The third kappa shape index (κ3) is 3.75. The molecule has 0 spiro atoms. The quantitative estimate of drug-likeness (QED) is 0.896. The van der Waals surface area contributed by atoms with Crippen LogP contribution < -0.4 is 0 Å². The number of fused-ring (bicyclic) bond motifs is 1. The SMILES string of the molecule is Cc1cc(CN(C)CCC(C)O)c2ccccc2n1. The molecule has 2 rings (SSSR count). The van der Waals surface area contributed by atoms with Crippen LogP contribution in [-0.4, -0.2) is 34.7 Å². The minimum Gasteiger partial charge on any atom is -0.393 e. The normalized spacial score (nSPS) is 13.1. The predicted octanol–water partition coefficient (Wildman–Crippen LogP) is 2.75. The van der Waals surface area contributed by atoms with E-state index in [2.05, 4.69) is 41.2 Å². The number of aryl methyl sites for hydroxylation is 1. The zero-order valence-electron chi connectivity index (χ0n) is 11.9. The number of aliphatic hydroxyl groups is 1. The Kier molecular flexibility index (Phi) is 4.51. The summed E-state index contributed by atoms with van der Waals surface area (Å²) in [5, 5.41) is 10.6. The fourth-order valence-corrected chi connectivity index (χ4v) is 2.30. The van der Waals surface area contributed by atoms with E-state index in [9.17, 15) is 5.11 Å². The van der Waals surface area contributed by atoms with Crippen LogP contribution in [0.2, 0.25) is 0 Å². The van der Waals surface area contributed by atoms with Crippen LogP contribution in [0.15, 0.2) is 30.3 Å². The van der Waals surface area contributed by atoms with Gasteiger partial charge in [-0.25, -0.2) is 0 Å². The summed E-state index contributed by atoms with van der Waals surface area (Å²) in [7, 11) is 2.09. The zero-order chi connectivity index (χ0) is 13.8. The van der Waals surface area contributed by atoms with E-state index in [1.54, 1.807) is 0 Å². The largest absolute Gasteiger partial charge is 0.393 e. The van der Waals surface area contributed by atoms with Crippen molar-refractivity contribution in [3.63, 3.8) is 0 Å². The van der Waals surface area contributed by atoms with Crippen molar-refractivity contribution >= 4 is 10.9 Å². The molecule has 0 aliphatic carbocycles. The van der Waals surface area contributed by atoms with Crippen molar-refractivity contribution < 1.29 is 5.11 Å². The molecule has 0 aliphatic rings. The molecule has 102 valence electrons. The molecule has 1 heterocycles. The molecular weight excluding hydrogens is 236 g/mol. The molecule has 1 N–H and O–H groups in total. The summed E-state index contributed by atoms with van der Waals surface area (Å²) in [5.41, 5.74) is 3.41. The molecular formula is C16H22N2O. The van der Waals surface area contributed by atoms with Crippen LogP contribution in [0.3, 0.4) is 0 Å². The number of pyridine rings is 1. The fraction of sp³-hybridized carbons (Fsp3) is 0.438. The van der Waals surface area contributed by atoms with Crippen LogP contribution >= 0.6 is 0 Å². The fourth-order valence-electron chi connectivity index (χ4n) is 2.30. The number of aliphatic hydroxyl groups excluding tert-OH is 1. The molecule has 3 nitrogen and oxygen atoms in total. The number of aromatic nitrogens is 1. The highest BCUT2D eigenvalue weighted by molar-refractivity contribution is 5.82. The molecule has 0 aliphatic heterocycles. The Morgan fingerprint density at radius 2 is 2.05 bits per heavy atom. The summed E-state index contributed by atoms with van der Waals surface area (Å²) in [6.07, 6.45) is 0.566. The van der Waals surface area contributed by atoms with Crippen molar-refractivity contribution in [2.45, 2.75) is 32.9 Å². The molecule has 0 fully saturated rings. The van der Waals surface area contributed by atoms with Gasteiger partial charge in [-0.05, 0) is 45.0 Å². The topological polar surface area (TPSA) is 36.4 Å². The molecule has 0 bridgehead atoms. The summed E-state index contributed by atoms with van der Waals surface area (Å²) < 4.78 is 0. The van der Waals surface area contributed by atoms with Crippen molar-refractivity contribution in [3.05, 3.63) is 41.6 Å². The molecule has 19 heavy (non-hydrogen) atoms. The van der Waals surface area contributed by atoms with Gasteiger partial charge in [0.15, 0.2) is 0 Å². The van der Waals surface area contributed by atoms with E-state index in [0.717, 1.165) is 30.7 Å². The predicted molar refractivity (Wildman–Crippen MR) is 79.1 cm³/mol. The van der Waals surface area contributed by atoms with Gasteiger partial charge in [-0.15, -0.1) is 0 Å². The van der Waals surface area contributed by atoms with Crippen LogP contribution in [0.25, 0.3) is 10.9 Å². The third-order valence-corrected chi connectivity index (χ3v) is 3.30. The summed E-state index contributed by atoms with van der Waals surface area (Å²) >= 11 is 0. The number of para-hydroxylation sites is 1. The first-order valence-corrected chi connectivity index (χ1v) is 6.78. The van der Waals surface area contributed by atoms with Crippen molar-refractivity contribution in [1.82, 2.24) is 9.88 Å². The van der Waals surface area contributed by atoms with Crippen molar-refractivity contribution in [2.24, 2.45) is 0 Å². The first-order chi connectivity index (χ1) is 9.06. The summed E-state index contributed by atoms with van der Waals surface area (Å²) in [6, 6.07) is 10.4. The molecule has 0 saturated heterocycles. The lowest BCUT2D eigenvalue weighted by Gasteiger charge is -2.19. The van der Waals surface area contributed by atoms with Crippen LogP contribution in [0.5, 0.6) is 0 Å². The average Bonchev–Trinajstić information content (AvgIpc) is 2.36. The van der Waals surface area contributed by atoms with Gasteiger partial charge in [0.2, 0.25) is 0 Å². The molecule has 2 aromatic rings. The highest BCUT2D eigenvalue weighted by Gasteiger charge is 2.07. The summed E-state index contributed by atoms with van der Waals surface area (Å²) in [4.78, 5) is 6.80. The minimum absolute atomic E-state index is 0.238. The van der Waals surface area contributed by atoms with Crippen molar-refractivity contribution in [3.8, 4) is 0 Å². The van der Waals surface area contributed by atoms with E-state index in [0.29, 0.717) is 0 Å². The second kappa shape index (κ2) is 6.13. The van der Waals surface area contributed by atoms with E-state index in [4.69, 9.17) is 0 Å². The van der Waals surface area contributed by atoms with E-state index >= 15 is 0 Å². The lowest BCUT2D eigenvalue weighted by molar-refractivity contribution is 0.163. The van der Waals surface area contributed by atoms with Crippen LogP contribution in [0.1, 0.15) is 24.6 Å². The molecule has 0 amide bonds. The molecule has 0 radical (unpaired) electrons. The summed E-state index contributed by atoms with van der Waals surface area (Å²) in [6.45, 7) is 5.65. The van der Waals surface area contributed by atoms with E-state index in [1.165, 1.54) is 10.9 Å². The highest BCUT2D eigenvalue weighted by atomic mass is 16.3. The zero-order valence-corrected chi connectivity index (χ0v) is 11.9. The van der Waals surface area contributed by atoms with E-state index < -0.39 is 0 Å². The van der Waals surface area contributed by atoms with Crippen LogP contribution in [0, 0.1) is 6.92 Å². The standard InChI is InChI=1S/C16H22N2O/c1-12-10-14(11-18(3)9-8-13(2)19)15-6-4-5-7-16(15)17-12/h4-7,10,13,19H,8-9,11H2,1-3H3. The number of hydrogen-bond acceptors (Lipinski definition) is 3. The van der Waals surface area contributed by atoms with Gasteiger partial charge >= 0.3 is 0 Å². The Hall–Kier alpha value is -1.45. The number of hydrogen-bond donors (Lipinski definition) is 1. The van der Waals surface area contributed by atoms with Gasteiger partial charge in [-0.3, -0.25) is 4.98 Å². The van der Waals surface area contributed by atoms with Gasteiger partial charge in [-0.1, -0.05) is 18.2 Å². The van der Waals surface area contributed by atoms with E-state index in [-0.39, 0.29) is 6.10 Å². The maximum Gasteiger partial charge on any atom is 0.0708 e. The Labute approximate surface area is 114 Å². The second-order valence-corrected chi connectivity index (χ2v) is 5.32. The lowest BCUT2D eigenvalue weighted by Crippen LogP contribution is -2.22. The maximum atomic E-state index is 9.35. The molecule has 1 aromatic carbocycles. The van der Waals surface area contributed by atoms with Crippen molar-refractivity contribution in [1.29, 1.82) is 0 Å². The molecule has 1 atom stereocenters. The highest BCUT2D eigenvalue weighted by Crippen LogP contribution is 2.19. The monoisotopic (exact) mass is 258 g/mol. The first kappa shape index (κ1) is 14.0. The van der Waals surface area contributed by atoms with Crippen LogP contribution in [-0.2, 0) is 6.54 Å². The maximum absolute atomic E-state index is 9.35. The Morgan fingerprint density at radius 3 is 2.79 bits per heavy atom.